The molecule has 1 aromatic carbocycles. The average molecular weight is 472 g/mol. The Morgan fingerprint density at radius 1 is 1.22 bits per heavy atom. The minimum absolute atomic E-state index is 0.0172. The van der Waals surface area contributed by atoms with E-state index in [0.29, 0.717) is 9.91 Å². The molecule has 0 radical (unpaired) electrons. The zero-order chi connectivity index (χ0) is 22.7. The topological polar surface area (TPSA) is 90.7 Å². The normalized spacial score (nSPS) is 15.0. The number of carbonyl (C=O) groups excluding carboxylic acids is 3. The fraction of sp³-hybridized carbons (Fsp3) is 0.273. The van der Waals surface area contributed by atoms with Crippen molar-refractivity contribution < 1.29 is 23.9 Å². The van der Waals surface area contributed by atoms with Gasteiger partial charge in [-0.25, -0.2) is 14.3 Å². The van der Waals surface area contributed by atoms with E-state index >= 15 is 0 Å². The molecule has 0 saturated carbocycles. The summed E-state index contributed by atoms with van der Waals surface area (Å²) in [5.41, 5.74) is 1.74. The van der Waals surface area contributed by atoms with Crippen LogP contribution >= 0.6 is 23.1 Å². The minimum atomic E-state index is -0.500. The van der Waals surface area contributed by atoms with Crippen LogP contribution in [-0.2, 0) is 19.1 Å². The minimum Gasteiger partial charge on any atom is -0.463 e. The Kier molecular flexibility index (Phi) is 6.61. The highest BCUT2D eigenvalue weighted by Crippen LogP contribution is 2.31. The third-order valence-corrected chi connectivity index (χ3v) is 6.85. The van der Waals surface area contributed by atoms with Crippen LogP contribution in [-0.4, -0.2) is 58.0 Å². The molecule has 10 heteroatoms. The number of hydrogen-bond donors (Lipinski definition) is 0. The fourth-order valence-electron chi connectivity index (χ4n) is 3.25. The SMILES string of the molecule is CCOC(=O)C=C1SCC(=O)N1CCOC(=O)c1cc2c(C)nn(-c3ccccc3)c2s1. The van der Waals surface area contributed by atoms with Crippen molar-refractivity contribution in [3.8, 4) is 5.69 Å². The maximum absolute atomic E-state index is 12.6. The first kappa shape index (κ1) is 22.1. The summed E-state index contributed by atoms with van der Waals surface area (Å²) < 4.78 is 12.1. The molecule has 3 heterocycles. The second kappa shape index (κ2) is 9.58. The Morgan fingerprint density at radius 3 is 2.75 bits per heavy atom. The summed E-state index contributed by atoms with van der Waals surface area (Å²) in [4.78, 5) is 39.2. The highest BCUT2D eigenvalue weighted by atomic mass is 32.2. The number of aryl methyl sites for hydroxylation is 1. The van der Waals surface area contributed by atoms with Crippen LogP contribution in [0.25, 0.3) is 15.9 Å². The van der Waals surface area contributed by atoms with Crippen LogP contribution in [0.15, 0.2) is 47.5 Å². The summed E-state index contributed by atoms with van der Waals surface area (Å²) in [6.45, 7) is 4.06. The highest BCUT2D eigenvalue weighted by Gasteiger charge is 2.28. The summed E-state index contributed by atoms with van der Waals surface area (Å²) in [5.74, 6) is -0.854. The van der Waals surface area contributed by atoms with Crippen LogP contribution in [0.4, 0.5) is 0 Å². The molecule has 1 fully saturated rings. The van der Waals surface area contributed by atoms with Crippen LogP contribution in [0.2, 0.25) is 0 Å². The molecule has 8 nitrogen and oxygen atoms in total. The zero-order valence-electron chi connectivity index (χ0n) is 17.6. The van der Waals surface area contributed by atoms with Gasteiger partial charge < -0.3 is 14.4 Å². The number of rotatable bonds is 7. The van der Waals surface area contributed by atoms with Crippen LogP contribution in [0, 0.1) is 6.92 Å². The Balaban J connectivity index is 1.43. The first-order chi connectivity index (χ1) is 15.5. The predicted octanol–water partition coefficient (Wildman–Crippen LogP) is 3.53. The van der Waals surface area contributed by atoms with E-state index in [1.807, 2.05) is 41.9 Å². The van der Waals surface area contributed by atoms with Crippen molar-refractivity contribution >= 4 is 51.2 Å². The number of amides is 1. The Bertz CT molecular complexity index is 1200. The van der Waals surface area contributed by atoms with E-state index in [9.17, 15) is 14.4 Å². The number of thiophene rings is 1. The molecular weight excluding hydrogens is 450 g/mol. The maximum atomic E-state index is 12.6. The molecule has 1 amide bonds. The van der Waals surface area contributed by atoms with Crippen molar-refractivity contribution in [2.75, 3.05) is 25.5 Å². The predicted molar refractivity (Wildman–Crippen MR) is 123 cm³/mol. The van der Waals surface area contributed by atoms with E-state index in [1.54, 1.807) is 13.0 Å². The zero-order valence-corrected chi connectivity index (χ0v) is 19.2. The van der Waals surface area contributed by atoms with E-state index in [2.05, 4.69) is 5.10 Å². The highest BCUT2D eigenvalue weighted by molar-refractivity contribution is 8.04. The van der Waals surface area contributed by atoms with Gasteiger partial charge in [-0.1, -0.05) is 30.0 Å². The lowest BCUT2D eigenvalue weighted by molar-refractivity contribution is -0.137. The maximum Gasteiger partial charge on any atom is 0.348 e. The number of fused-ring (bicyclic) bond motifs is 1. The number of hydrogen-bond acceptors (Lipinski definition) is 8. The first-order valence-corrected chi connectivity index (χ1v) is 11.8. The molecule has 1 aliphatic heterocycles. The van der Waals surface area contributed by atoms with Crippen molar-refractivity contribution in [3.63, 3.8) is 0 Å². The van der Waals surface area contributed by atoms with Crippen molar-refractivity contribution in [1.29, 1.82) is 0 Å². The van der Waals surface area contributed by atoms with Crippen molar-refractivity contribution in [1.82, 2.24) is 14.7 Å². The van der Waals surface area contributed by atoms with Gasteiger partial charge in [0.1, 0.15) is 16.3 Å². The van der Waals surface area contributed by atoms with Gasteiger partial charge >= 0.3 is 11.9 Å². The van der Waals surface area contributed by atoms with Gasteiger partial charge in [0.25, 0.3) is 0 Å². The smallest absolute Gasteiger partial charge is 0.348 e. The van der Waals surface area contributed by atoms with E-state index in [-0.39, 0.29) is 31.4 Å². The molecule has 1 saturated heterocycles. The lowest BCUT2D eigenvalue weighted by atomic mass is 10.3. The van der Waals surface area contributed by atoms with Crippen LogP contribution in [0.3, 0.4) is 0 Å². The number of para-hydroxylation sites is 1. The largest absolute Gasteiger partial charge is 0.463 e. The molecule has 0 spiro atoms. The molecule has 0 bridgehead atoms. The molecular formula is C22H21N3O5S2. The number of aromatic nitrogens is 2. The Morgan fingerprint density at radius 2 is 2.00 bits per heavy atom. The van der Waals surface area contributed by atoms with Crippen LogP contribution < -0.4 is 0 Å². The van der Waals surface area contributed by atoms with E-state index in [0.717, 1.165) is 21.6 Å². The summed E-state index contributed by atoms with van der Waals surface area (Å²) >= 11 is 2.58. The van der Waals surface area contributed by atoms with Crippen molar-refractivity contribution in [2.24, 2.45) is 0 Å². The molecule has 0 atom stereocenters. The molecule has 1 aliphatic rings. The lowest BCUT2D eigenvalue weighted by Gasteiger charge is -2.16. The summed E-state index contributed by atoms with van der Waals surface area (Å²) in [5, 5.41) is 5.98. The molecule has 0 aliphatic carbocycles. The summed E-state index contributed by atoms with van der Waals surface area (Å²) in [6, 6.07) is 11.5. The quantitative estimate of drug-likeness (QED) is 0.385. The summed E-state index contributed by atoms with van der Waals surface area (Å²) in [6.07, 6.45) is 1.30. The third-order valence-electron chi connectivity index (χ3n) is 4.73. The number of esters is 2. The Hall–Kier alpha value is -3.11. The van der Waals surface area contributed by atoms with Gasteiger partial charge in [0.2, 0.25) is 5.91 Å². The summed E-state index contributed by atoms with van der Waals surface area (Å²) in [7, 11) is 0. The second-order valence-corrected chi connectivity index (χ2v) is 8.89. The van der Waals surface area contributed by atoms with Gasteiger partial charge in [0.15, 0.2) is 0 Å². The molecule has 4 rings (SSSR count). The van der Waals surface area contributed by atoms with E-state index in [4.69, 9.17) is 9.47 Å². The Labute approximate surface area is 192 Å². The second-order valence-electron chi connectivity index (χ2n) is 6.87. The molecule has 32 heavy (non-hydrogen) atoms. The fourth-order valence-corrected chi connectivity index (χ4v) is 5.28. The van der Waals surface area contributed by atoms with Gasteiger partial charge in [0, 0.05) is 5.39 Å². The van der Waals surface area contributed by atoms with Gasteiger partial charge in [-0.2, -0.15) is 5.10 Å². The van der Waals surface area contributed by atoms with Crippen LogP contribution in [0.5, 0.6) is 0 Å². The number of thioether (sulfide) groups is 1. The van der Waals surface area contributed by atoms with Crippen molar-refractivity contribution in [2.45, 2.75) is 13.8 Å². The first-order valence-electron chi connectivity index (χ1n) is 10.0. The molecule has 3 aromatic rings. The lowest BCUT2D eigenvalue weighted by Crippen LogP contribution is -2.29. The van der Waals surface area contributed by atoms with Crippen molar-refractivity contribution in [3.05, 3.63) is 58.1 Å². The van der Waals surface area contributed by atoms with Gasteiger partial charge in [0.05, 0.1) is 41.4 Å². The molecule has 0 N–H and O–H groups in total. The molecule has 2 aromatic heterocycles. The van der Waals surface area contributed by atoms with Crippen LogP contribution in [0.1, 0.15) is 22.3 Å². The number of nitrogens with zero attached hydrogens (tertiary/aromatic N) is 3. The number of benzene rings is 1. The van der Waals surface area contributed by atoms with Gasteiger partial charge in [-0.3, -0.25) is 4.79 Å². The van der Waals surface area contributed by atoms with E-state index in [1.165, 1.54) is 34.1 Å². The third kappa shape index (κ3) is 4.56. The number of ether oxygens (including phenoxy) is 2. The standard InChI is InChI=1S/C22H21N3O5S2/c1-3-29-20(27)12-19-24(18(26)13-31-19)9-10-30-22(28)17-11-16-14(2)23-25(21(16)32-17)15-7-5-4-6-8-15/h4-8,11-12H,3,9-10,13H2,1-2H3. The van der Waals surface area contributed by atoms with Gasteiger partial charge in [-0.05, 0) is 32.0 Å². The van der Waals surface area contributed by atoms with E-state index < -0.39 is 11.9 Å². The number of carbonyl (C=O) groups is 3. The monoisotopic (exact) mass is 471 g/mol. The molecule has 166 valence electrons. The average Bonchev–Trinajstić information content (AvgIpc) is 3.45. The molecule has 0 unspecified atom stereocenters. The van der Waals surface area contributed by atoms with Gasteiger partial charge in [-0.15, -0.1) is 11.3 Å².